The molecule has 12 rings (SSSR count). The van der Waals surface area contributed by atoms with Gasteiger partial charge in [0.05, 0.1) is 22.1 Å². The molecule has 1 aromatic heterocycles. The summed E-state index contributed by atoms with van der Waals surface area (Å²) in [6, 6.07) is 93.2. The van der Waals surface area contributed by atoms with E-state index >= 15 is 0 Å². The van der Waals surface area contributed by atoms with Crippen molar-refractivity contribution in [2.45, 2.75) is 5.41 Å². The first-order chi connectivity index (χ1) is 31.3. The van der Waals surface area contributed by atoms with Crippen LogP contribution >= 0.6 is 0 Å². The van der Waals surface area contributed by atoms with Crippen LogP contribution in [-0.2, 0) is 5.41 Å². The Morgan fingerprint density at radius 1 is 0.317 bits per heavy atom. The molecule has 0 fully saturated rings. The summed E-state index contributed by atoms with van der Waals surface area (Å²) in [6.07, 6.45) is 0. The fourth-order valence-electron chi connectivity index (χ4n) is 10.4. The first kappa shape index (κ1) is 36.6. The summed E-state index contributed by atoms with van der Waals surface area (Å²) in [5, 5.41) is 2.51. The molecule has 2 heteroatoms. The van der Waals surface area contributed by atoms with Crippen molar-refractivity contribution < 1.29 is 0 Å². The Bertz CT molecular complexity index is 3400. The van der Waals surface area contributed by atoms with Gasteiger partial charge < -0.3 is 9.47 Å². The van der Waals surface area contributed by atoms with Crippen molar-refractivity contribution in [2.75, 3.05) is 4.90 Å². The summed E-state index contributed by atoms with van der Waals surface area (Å²) in [6.45, 7) is 0. The van der Waals surface area contributed by atoms with Crippen LogP contribution in [0.25, 0.3) is 60.9 Å². The third kappa shape index (κ3) is 5.87. The number of hydrogen-bond donors (Lipinski definition) is 0. The monoisotopic (exact) mass is 802 g/mol. The molecule has 63 heavy (non-hydrogen) atoms. The Kier molecular flexibility index (Phi) is 8.76. The lowest BCUT2D eigenvalue weighted by Gasteiger charge is -2.35. The number of rotatable bonds is 8. The highest BCUT2D eigenvalue weighted by Gasteiger charge is 2.46. The Morgan fingerprint density at radius 2 is 0.889 bits per heavy atom. The zero-order valence-electron chi connectivity index (χ0n) is 34.6. The van der Waals surface area contributed by atoms with Crippen molar-refractivity contribution in [1.82, 2.24) is 4.57 Å². The van der Waals surface area contributed by atoms with Crippen molar-refractivity contribution in [3.8, 4) is 39.1 Å². The standard InChI is InChI=1S/C61H42N2/c1-5-22-46(23-6-1)61(47-24-7-2-8-25-47)56-33-16-13-31-52(56)53-39-37-50(42-57(53)61)62(48-26-9-3-10-27-48)58-34-17-14-30-51(58)45-21-19-20-43(40-45)44-36-38-55-54-32-15-18-35-59(54)63(60(55)41-44)49-28-11-4-12-29-49/h1-42H. The second kappa shape index (κ2) is 15.1. The normalized spacial score (nSPS) is 12.6. The summed E-state index contributed by atoms with van der Waals surface area (Å²) in [5.41, 5.74) is 18.7. The molecule has 0 saturated carbocycles. The summed E-state index contributed by atoms with van der Waals surface area (Å²) < 4.78 is 2.39. The topological polar surface area (TPSA) is 8.17 Å². The largest absolute Gasteiger partial charge is 0.310 e. The maximum atomic E-state index is 2.45. The maximum Gasteiger partial charge on any atom is 0.0714 e. The predicted molar refractivity (Wildman–Crippen MR) is 264 cm³/mol. The summed E-state index contributed by atoms with van der Waals surface area (Å²) in [7, 11) is 0. The van der Waals surface area contributed by atoms with Gasteiger partial charge in [-0.2, -0.15) is 0 Å². The van der Waals surface area contributed by atoms with Crippen LogP contribution in [0, 0.1) is 0 Å². The number of anilines is 3. The number of nitrogens with zero attached hydrogens (tertiary/aromatic N) is 2. The van der Waals surface area contributed by atoms with Crippen LogP contribution in [0.5, 0.6) is 0 Å². The second-order valence-corrected chi connectivity index (χ2v) is 16.4. The Balaban J connectivity index is 1.03. The van der Waals surface area contributed by atoms with Crippen LogP contribution in [0.3, 0.4) is 0 Å². The molecule has 0 N–H and O–H groups in total. The summed E-state index contributed by atoms with van der Waals surface area (Å²) >= 11 is 0. The van der Waals surface area contributed by atoms with E-state index in [-0.39, 0.29) is 0 Å². The van der Waals surface area contributed by atoms with Gasteiger partial charge in [0, 0.05) is 33.4 Å². The zero-order valence-corrected chi connectivity index (χ0v) is 34.6. The molecule has 0 saturated heterocycles. The minimum absolute atomic E-state index is 0.506. The van der Waals surface area contributed by atoms with Gasteiger partial charge in [0.1, 0.15) is 0 Å². The minimum atomic E-state index is -0.506. The highest BCUT2D eigenvalue weighted by molar-refractivity contribution is 6.10. The first-order valence-corrected chi connectivity index (χ1v) is 21.8. The van der Waals surface area contributed by atoms with Crippen molar-refractivity contribution in [3.63, 3.8) is 0 Å². The quantitative estimate of drug-likeness (QED) is 0.149. The Morgan fingerprint density at radius 3 is 1.65 bits per heavy atom. The van der Waals surface area contributed by atoms with E-state index < -0.39 is 5.41 Å². The molecular formula is C61H42N2. The van der Waals surface area contributed by atoms with Crippen LogP contribution in [-0.4, -0.2) is 4.57 Å². The van der Waals surface area contributed by atoms with Crippen molar-refractivity contribution in [1.29, 1.82) is 0 Å². The smallest absolute Gasteiger partial charge is 0.0714 e. The van der Waals surface area contributed by atoms with Crippen molar-refractivity contribution in [2.24, 2.45) is 0 Å². The molecule has 0 radical (unpaired) electrons. The van der Waals surface area contributed by atoms with Crippen LogP contribution in [0.2, 0.25) is 0 Å². The third-order valence-electron chi connectivity index (χ3n) is 13.1. The fraction of sp³-hybridized carbons (Fsp3) is 0.0164. The predicted octanol–water partition coefficient (Wildman–Crippen LogP) is 16.0. The lowest BCUT2D eigenvalue weighted by Crippen LogP contribution is -2.28. The van der Waals surface area contributed by atoms with Gasteiger partial charge in [-0.1, -0.05) is 194 Å². The van der Waals surface area contributed by atoms with Crippen LogP contribution in [0.15, 0.2) is 255 Å². The molecule has 0 bridgehead atoms. The summed E-state index contributed by atoms with van der Waals surface area (Å²) in [5.74, 6) is 0. The van der Waals surface area contributed by atoms with E-state index in [9.17, 15) is 0 Å². The molecule has 0 unspecified atom stereocenters. The van der Waals surface area contributed by atoms with Gasteiger partial charge >= 0.3 is 0 Å². The minimum Gasteiger partial charge on any atom is -0.310 e. The third-order valence-corrected chi connectivity index (χ3v) is 13.1. The highest BCUT2D eigenvalue weighted by atomic mass is 15.1. The number of para-hydroxylation sites is 4. The molecule has 11 aromatic rings. The summed E-state index contributed by atoms with van der Waals surface area (Å²) in [4.78, 5) is 2.44. The first-order valence-electron chi connectivity index (χ1n) is 21.8. The van der Waals surface area contributed by atoms with Gasteiger partial charge in [0.25, 0.3) is 0 Å². The van der Waals surface area contributed by atoms with Gasteiger partial charge in [0.15, 0.2) is 0 Å². The van der Waals surface area contributed by atoms with E-state index in [2.05, 4.69) is 264 Å². The van der Waals surface area contributed by atoms with Gasteiger partial charge in [-0.15, -0.1) is 0 Å². The van der Waals surface area contributed by atoms with Crippen molar-refractivity contribution in [3.05, 3.63) is 277 Å². The highest BCUT2D eigenvalue weighted by Crippen LogP contribution is 2.57. The van der Waals surface area contributed by atoms with E-state index in [4.69, 9.17) is 0 Å². The molecule has 1 aliphatic rings. The van der Waals surface area contributed by atoms with E-state index in [0.29, 0.717) is 0 Å². The van der Waals surface area contributed by atoms with E-state index in [0.717, 1.165) is 33.9 Å². The molecule has 0 aliphatic heterocycles. The molecule has 296 valence electrons. The van der Waals surface area contributed by atoms with Gasteiger partial charge in [-0.25, -0.2) is 0 Å². The number of aromatic nitrogens is 1. The van der Waals surface area contributed by atoms with E-state index in [1.807, 2.05) is 0 Å². The van der Waals surface area contributed by atoms with Gasteiger partial charge in [-0.05, 0) is 111 Å². The van der Waals surface area contributed by atoms with E-state index in [1.54, 1.807) is 0 Å². The molecule has 10 aromatic carbocycles. The van der Waals surface area contributed by atoms with Crippen LogP contribution in [0.4, 0.5) is 17.1 Å². The molecule has 0 spiro atoms. The number of fused-ring (bicyclic) bond motifs is 6. The molecule has 2 nitrogen and oxygen atoms in total. The molecule has 0 atom stereocenters. The lowest BCUT2D eigenvalue weighted by atomic mass is 9.67. The molecule has 1 aliphatic carbocycles. The fourth-order valence-corrected chi connectivity index (χ4v) is 10.4. The van der Waals surface area contributed by atoms with Crippen LogP contribution < -0.4 is 4.90 Å². The average Bonchev–Trinajstić information content (AvgIpc) is 3.85. The number of hydrogen-bond acceptors (Lipinski definition) is 1. The molecular weight excluding hydrogens is 761 g/mol. The molecule has 0 amide bonds. The maximum absolute atomic E-state index is 2.45. The van der Waals surface area contributed by atoms with Gasteiger partial charge in [0.2, 0.25) is 0 Å². The van der Waals surface area contributed by atoms with Crippen LogP contribution in [0.1, 0.15) is 22.3 Å². The van der Waals surface area contributed by atoms with E-state index in [1.165, 1.54) is 66.3 Å². The second-order valence-electron chi connectivity index (χ2n) is 16.4. The molecule has 1 heterocycles. The Hall–Kier alpha value is -8.20. The van der Waals surface area contributed by atoms with Gasteiger partial charge in [-0.3, -0.25) is 0 Å². The zero-order chi connectivity index (χ0) is 41.7. The Labute approximate surface area is 368 Å². The van der Waals surface area contributed by atoms with Crippen molar-refractivity contribution >= 4 is 38.9 Å². The average molecular weight is 803 g/mol. The number of benzene rings is 10. The SMILES string of the molecule is c1ccc(N(c2ccc3c(c2)C(c2ccccc2)(c2ccccc2)c2ccccc2-3)c2ccccc2-c2cccc(-c3ccc4c5ccccc5n(-c5ccccc5)c4c3)c2)cc1. The lowest BCUT2D eigenvalue weighted by molar-refractivity contribution is 0.768.